The number of hydrogen-bond acceptors (Lipinski definition) is 1. The molecule has 1 aliphatic rings. The highest BCUT2D eigenvalue weighted by Gasteiger charge is 2.33. The van der Waals surface area contributed by atoms with Crippen LogP contribution in [0.1, 0.15) is 28.4 Å². The van der Waals surface area contributed by atoms with Gasteiger partial charge in [-0.15, -0.1) is 0 Å². The molecular formula is C26H22ClN3O. The highest BCUT2D eigenvalue weighted by Crippen LogP contribution is 2.38. The summed E-state index contributed by atoms with van der Waals surface area (Å²) in [6.45, 7) is 2.59. The minimum absolute atomic E-state index is 0.153. The zero-order valence-corrected chi connectivity index (χ0v) is 17.9. The first kappa shape index (κ1) is 19.5. The molecule has 1 N–H and O–H groups in total. The molecule has 0 spiro atoms. The monoisotopic (exact) mass is 427 g/mol. The van der Waals surface area contributed by atoms with Gasteiger partial charge in [0.25, 0.3) is 0 Å². The fourth-order valence-corrected chi connectivity index (χ4v) is 4.41. The van der Waals surface area contributed by atoms with E-state index in [4.69, 9.17) is 11.6 Å². The molecule has 0 aliphatic carbocycles. The summed E-state index contributed by atoms with van der Waals surface area (Å²) in [7, 11) is 0. The molecule has 0 bridgehead atoms. The van der Waals surface area contributed by atoms with Crippen LogP contribution in [0.15, 0.2) is 91.1 Å². The van der Waals surface area contributed by atoms with Crippen LogP contribution in [0.3, 0.4) is 0 Å². The second-order valence-electron chi connectivity index (χ2n) is 7.76. The van der Waals surface area contributed by atoms with Gasteiger partial charge in [0, 0.05) is 22.6 Å². The normalized spacial score (nSPS) is 15.0. The highest BCUT2D eigenvalue weighted by molar-refractivity contribution is 6.30. The number of carbonyl (C=O) groups is 1. The number of halogens is 1. The molecular weight excluding hydrogens is 406 g/mol. The van der Waals surface area contributed by atoms with Gasteiger partial charge >= 0.3 is 6.03 Å². The molecule has 4 nitrogen and oxygen atoms in total. The smallest absolute Gasteiger partial charge is 0.318 e. The number of aryl methyl sites for hydroxylation is 1. The quantitative estimate of drug-likeness (QED) is 0.385. The first-order chi connectivity index (χ1) is 15.1. The molecule has 4 aromatic rings. The number of nitrogens with one attached hydrogen (secondary N) is 1. The third kappa shape index (κ3) is 3.60. The molecule has 0 saturated carbocycles. The van der Waals surface area contributed by atoms with Crippen molar-refractivity contribution in [2.45, 2.75) is 19.5 Å². The van der Waals surface area contributed by atoms with E-state index < -0.39 is 0 Å². The average molecular weight is 428 g/mol. The van der Waals surface area contributed by atoms with Crippen molar-refractivity contribution in [1.29, 1.82) is 0 Å². The topological polar surface area (TPSA) is 37.3 Å². The second-order valence-corrected chi connectivity index (χ2v) is 8.19. The Morgan fingerprint density at radius 3 is 2.48 bits per heavy atom. The minimum atomic E-state index is -0.226. The van der Waals surface area contributed by atoms with Crippen molar-refractivity contribution in [2.75, 3.05) is 5.32 Å². The lowest BCUT2D eigenvalue weighted by Crippen LogP contribution is -2.38. The molecule has 0 saturated heterocycles. The number of fused-ring (bicyclic) bond motifs is 3. The number of hydrogen-bond donors (Lipinski definition) is 1. The Morgan fingerprint density at radius 2 is 1.68 bits per heavy atom. The molecule has 5 rings (SSSR count). The van der Waals surface area contributed by atoms with Crippen molar-refractivity contribution < 1.29 is 4.79 Å². The fraction of sp³-hybridized carbons (Fsp3) is 0.115. The molecule has 0 radical (unpaired) electrons. The van der Waals surface area contributed by atoms with Gasteiger partial charge < -0.3 is 14.8 Å². The van der Waals surface area contributed by atoms with Crippen LogP contribution < -0.4 is 5.32 Å². The van der Waals surface area contributed by atoms with Gasteiger partial charge in [-0.1, -0.05) is 54.1 Å². The fourth-order valence-electron chi connectivity index (χ4n) is 4.29. The second kappa shape index (κ2) is 7.97. The van der Waals surface area contributed by atoms with Crippen molar-refractivity contribution in [3.63, 3.8) is 0 Å². The van der Waals surface area contributed by atoms with E-state index in [1.54, 1.807) is 12.1 Å². The Bertz CT molecular complexity index is 1250. The number of carbonyl (C=O) groups excluding carboxylic acids is 1. The number of rotatable bonds is 2. The predicted octanol–water partition coefficient (Wildman–Crippen LogP) is 6.58. The van der Waals surface area contributed by atoms with Crippen LogP contribution in [0.4, 0.5) is 10.5 Å². The summed E-state index contributed by atoms with van der Waals surface area (Å²) in [5.41, 5.74) is 6.23. The number of para-hydroxylation sites is 1. The van der Waals surface area contributed by atoms with Gasteiger partial charge in [-0.3, -0.25) is 0 Å². The Kier molecular flexibility index (Phi) is 5.00. The molecule has 1 atom stereocenters. The predicted molar refractivity (Wildman–Crippen MR) is 125 cm³/mol. The molecule has 154 valence electrons. The minimum Gasteiger partial charge on any atom is -0.318 e. The molecule has 1 aliphatic heterocycles. The Morgan fingerprint density at radius 1 is 0.935 bits per heavy atom. The maximum Gasteiger partial charge on any atom is 0.322 e. The van der Waals surface area contributed by atoms with Crippen molar-refractivity contribution in [3.8, 4) is 5.69 Å². The number of aromatic nitrogens is 1. The van der Waals surface area contributed by atoms with E-state index in [0.29, 0.717) is 17.3 Å². The molecule has 31 heavy (non-hydrogen) atoms. The molecule has 1 aromatic heterocycles. The molecule has 3 aromatic carbocycles. The maximum atomic E-state index is 13.6. The average Bonchev–Trinajstić information content (AvgIpc) is 3.21. The summed E-state index contributed by atoms with van der Waals surface area (Å²) in [5.74, 6) is 0. The molecule has 2 heterocycles. The van der Waals surface area contributed by atoms with E-state index in [1.165, 1.54) is 0 Å². The number of amides is 2. The van der Waals surface area contributed by atoms with Gasteiger partial charge in [0.2, 0.25) is 0 Å². The number of anilines is 1. The number of benzene rings is 3. The van der Waals surface area contributed by atoms with E-state index in [0.717, 1.165) is 28.1 Å². The summed E-state index contributed by atoms with van der Waals surface area (Å²) >= 11 is 6.01. The zero-order chi connectivity index (χ0) is 21.4. The van der Waals surface area contributed by atoms with Gasteiger partial charge in [-0.2, -0.15) is 0 Å². The third-order valence-corrected chi connectivity index (χ3v) is 6.06. The van der Waals surface area contributed by atoms with Crippen LogP contribution >= 0.6 is 11.6 Å². The summed E-state index contributed by atoms with van der Waals surface area (Å²) in [5, 5.41) is 3.70. The number of urea groups is 1. The van der Waals surface area contributed by atoms with Crippen LogP contribution in [0.2, 0.25) is 5.02 Å². The van der Waals surface area contributed by atoms with Crippen LogP contribution in [-0.4, -0.2) is 15.5 Å². The first-order valence-corrected chi connectivity index (χ1v) is 10.6. The Balaban J connectivity index is 1.64. The number of nitrogens with zero attached hydrogens (tertiary/aromatic N) is 2. The van der Waals surface area contributed by atoms with Crippen LogP contribution in [0.5, 0.6) is 0 Å². The Labute approximate surface area is 186 Å². The summed E-state index contributed by atoms with van der Waals surface area (Å²) in [6, 6.07) is 27.5. The first-order valence-electron chi connectivity index (χ1n) is 10.3. The molecule has 2 amide bonds. The molecule has 5 heteroatoms. The SMILES string of the molecule is Cc1ccccc1[C@H]1c2cccn2-c2ccccc2CN1C(=O)Nc1ccc(Cl)cc1. The Hall–Kier alpha value is -3.50. The van der Waals surface area contributed by atoms with Crippen molar-refractivity contribution in [1.82, 2.24) is 9.47 Å². The van der Waals surface area contributed by atoms with Crippen molar-refractivity contribution in [2.24, 2.45) is 0 Å². The van der Waals surface area contributed by atoms with E-state index in [2.05, 4.69) is 53.3 Å². The van der Waals surface area contributed by atoms with E-state index in [-0.39, 0.29) is 12.1 Å². The maximum absolute atomic E-state index is 13.6. The summed E-state index contributed by atoms with van der Waals surface area (Å²) in [4.78, 5) is 15.5. The van der Waals surface area contributed by atoms with Gasteiger partial charge in [0.05, 0.1) is 12.2 Å². The largest absolute Gasteiger partial charge is 0.322 e. The standard InChI is InChI=1S/C26H22ClN3O/c1-18-7-2-4-9-22(18)25-24-11-6-16-29(24)23-10-5-3-8-19(23)17-30(25)26(31)28-21-14-12-20(27)13-15-21/h2-16,25H,17H2,1H3,(H,28,31)/t25-/m0/s1. The molecule has 0 unspecified atom stereocenters. The molecule has 0 fully saturated rings. The van der Waals surface area contributed by atoms with E-state index >= 15 is 0 Å². The van der Waals surface area contributed by atoms with Crippen LogP contribution in [0, 0.1) is 6.92 Å². The van der Waals surface area contributed by atoms with Crippen molar-refractivity contribution >= 4 is 23.3 Å². The third-order valence-electron chi connectivity index (χ3n) is 5.80. The van der Waals surface area contributed by atoms with Crippen LogP contribution in [-0.2, 0) is 6.54 Å². The van der Waals surface area contributed by atoms with Crippen molar-refractivity contribution in [3.05, 3.63) is 119 Å². The van der Waals surface area contributed by atoms with E-state index in [9.17, 15) is 4.79 Å². The van der Waals surface area contributed by atoms with Gasteiger partial charge in [0.1, 0.15) is 6.04 Å². The summed E-state index contributed by atoms with van der Waals surface area (Å²) in [6.07, 6.45) is 2.07. The van der Waals surface area contributed by atoms with E-state index in [1.807, 2.05) is 47.4 Å². The summed E-state index contributed by atoms with van der Waals surface area (Å²) < 4.78 is 2.20. The van der Waals surface area contributed by atoms with Gasteiger partial charge in [0.15, 0.2) is 0 Å². The lowest BCUT2D eigenvalue weighted by molar-refractivity contribution is 0.194. The highest BCUT2D eigenvalue weighted by atomic mass is 35.5. The van der Waals surface area contributed by atoms with Gasteiger partial charge in [-0.25, -0.2) is 4.79 Å². The lowest BCUT2D eigenvalue weighted by atomic mass is 9.97. The van der Waals surface area contributed by atoms with Gasteiger partial charge in [-0.05, 0) is 66.1 Å². The van der Waals surface area contributed by atoms with Crippen LogP contribution in [0.25, 0.3) is 5.69 Å². The lowest BCUT2D eigenvalue weighted by Gasteiger charge is -2.32. The zero-order valence-electron chi connectivity index (χ0n) is 17.1.